The van der Waals surface area contributed by atoms with Crippen LogP contribution < -0.4 is 0 Å². The van der Waals surface area contributed by atoms with E-state index in [4.69, 9.17) is 4.52 Å². The predicted octanol–water partition coefficient (Wildman–Crippen LogP) is 3.57. The molecule has 1 amide bonds. The molecule has 1 aromatic carbocycles. The number of likely N-dealkylation sites (tertiary alicyclic amines) is 1. The first-order valence-electron chi connectivity index (χ1n) is 8.05. The lowest BCUT2D eigenvalue weighted by molar-refractivity contribution is 0.0735. The zero-order chi connectivity index (χ0) is 15.1. The Labute approximate surface area is 130 Å². The Balaban J connectivity index is 1.50. The molecule has 2 heterocycles. The molecule has 114 valence electrons. The second-order valence-corrected chi connectivity index (χ2v) is 6.54. The van der Waals surface area contributed by atoms with E-state index in [1.807, 2.05) is 17.0 Å². The predicted molar refractivity (Wildman–Crippen MR) is 82.8 cm³/mol. The number of hydrogen-bond acceptors (Lipinski definition) is 3. The zero-order valence-electron chi connectivity index (χ0n) is 12.7. The van der Waals surface area contributed by atoms with Crippen LogP contribution in [0.15, 0.2) is 40.9 Å². The van der Waals surface area contributed by atoms with Crippen LogP contribution in [0, 0.1) is 0 Å². The minimum Gasteiger partial charge on any atom is -0.360 e. The maximum absolute atomic E-state index is 12.7. The Morgan fingerprint density at radius 1 is 1.23 bits per heavy atom. The van der Waals surface area contributed by atoms with Crippen LogP contribution in [-0.2, 0) is 0 Å². The smallest absolute Gasteiger partial charge is 0.276 e. The van der Waals surface area contributed by atoms with Crippen LogP contribution in [0.25, 0.3) is 0 Å². The third-order valence-electron chi connectivity index (χ3n) is 4.83. The number of benzene rings is 1. The second kappa shape index (κ2) is 5.27. The van der Waals surface area contributed by atoms with E-state index in [1.165, 1.54) is 5.56 Å². The van der Waals surface area contributed by atoms with Crippen molar-refractivity contribution < 1.29 is 9.32 Å². The third-order valence-corrected chi connectivity index (χ3v) is 4.83. The molecule has 1 aromatic heterocycles. The standard InChI is InChI=1S/C18H20N2O2/c1-12-9-15(13-5-3-2-4-6-13)11-20(12)18(21)16-10-17(22-19-16)14-7-8-14/h2-6,10,12,14-15H,7-9,11H2,1H3/t12-,15+/m0/s1. The molecule has 0 bridgehead atoms. The lowest BCUT2D eigenvalue weighted by Gasteiger charge is -2.19. The van der Waals surface area contributed by atoms with Gasteiger partial charge in [-0.05, 0) is 31.7 Å². The molecule has 0 radical (unpaired) electrons. The first-order valence-corrected chi connectivity index (χ1v) is 8.05. The van der Waals surface area contributed by atoms with Gasteiger partial charge in [-0.2, -0.15) is 0 Å². The molecular formula is C18H20N2O2. The molecular weight excluding hydrogens is 276 g/mol. The zero-order valence-corrected chi connectivity index (χ0v) is 12.7. The van der Waals surface area contributed by atoms with Crippen molar-refractivity contribution in [2.75, 3.05) is 6.54 Å². The lowest BCUT2D eigenvalue weighted by Crippen LogP contribution is -2.34. The van der Waals surface area contributed by atoms with E-state index < -0.39 is 0 Å². The Bertz CT molecular complexity index is 675. The van der Waals surface area contributed by atoms with Crippen molar-refractivity contribution in [3.63, 3.8) is 0 Å². The molecule has 1 aliphatic heterocycles. The van der Waals surface area contributed by atoms with E-state index in [0.717, 1.165) is 31.6 Å². The molecule has 1 saturated carbocycles. The molecule has 1 saturated heterocycles. The topological polar surface area (TPSA) is 46.3 Å². The molecule has 0 unspecified atom stereocenters. The van der Waals surface area contributed by atoms with Crippen molar-refractivity contribution in [3.8, 4) is 0 Å². The molecule has 2 fully saturated rings. The van der Waals surface area contributed by atoms with Gasteiger partial charge in [0.15, 0.2) is 5.69 Å². The first-order chi connectivity index (χ1) is 10.7. The van der Waals surface area contributed by atoms with Gasteiger partial charge >= 0.3 is 0 Å². The van der Waals surface area contributed by atoms with Crippen molar-refractivity contribution in [3.05, 3.63) is 53.4 Å². The highest BCUT2D eigenvalue weighted by atomic mass is 16.5. The van der Waals surface area contributed by atoms with Gasteiger partial charge in [-0.25, -0.2) is 0 Å². The number of aromatic nitrogens is 1. The average molecular weight is 296 g/mol. The summed E-state index contributed by atoms with van der Waals surface area (Å²) in [5.41, 5.74) is 1.77. The highest BCUT2D eigenvalue weighted by molar-refractivity contribution is 5.92. The van der Waals surface area contributed by atoms with E-state index in [1.54, 1.807) is 0 Å². The van der Waals surface area contributed by atoms with E-state index in [-0.39, 0.29) is 11.9 Å². The number of carbonyl (C=O) groups excluding carboxylic acids is 1. The van der Waals surface area contributed by atoms with Crippen LogP contribution in [-0.4, -0.2) is 28.6 Å². The summed E-state index contributed by atoms with van der Waals surface area (Å²) in [5.74, 6) is 1.77. The van der Waals surface area contributed by atoms with Gasteiger partial charge in [0.05, 0.1) is 0 Å². The van der Waals surface area contributed by atoms with Crippen LogP contribution in [0.4, 0.5) is 0 Å². The van der Waals surface area contributed by atoms with Crippen molar-refractivity contribution in [1.82, 2.24) is 10.1 Å². The van der Waals surface area contributed by atoms with Gasteiger partial charge in [-0.15, -0.1) is 0 Å². The molecule has 22 heavy (non-hydrogen) atoms. The minimum absolute atomic E-state index is 0.00146. The van der Waals surface area contributed by atoms with E-state index in [9.17, 15) is 4.79 Å². The molecule has 4 heteroatoms. The van der Waals surface area contributed by atoms with Crippen LogP contribution in [0.5, 0.6) is 0 Å². The molecule has 4 nitrogen and oxygen atoms in total. The summed E-state index contributed by atoms with van der Waals surface area (Å²) in [4.78, 5) is 14.6. The fourth-order valence-electron chi connectivity index (χ4n) is 3.38. The number of nitrogens with zero attached hydrogens (tertiary/aromatic N) is 2. The molecule has 1 aliphatic carbocycles. The summed E-state index contributed by atoms with van der Waals surface area (Å²) in [6.45, 7) is 2.87. The SMILES string of the molecule is C[C@H]1C[C@@H](c2ccccc2)CN1C(=O)c1cc(C2CC2)on1. The number of hydrogen-bond donors (Lipinski definition) is 0. The van der Waals surface area contributed by atoms with Gasteiger partial charge in [-0.1, -0.05) is 35.5 Å². The van der Waals surface area contributed by atoms with Crippen molar-refractivity contribution in [2.45, 2.75) is 44.1 Å². The third kappa shape index (κ3) is 2.43. The molecule has 0 spiro atoms. The van der Waals surface area contributed by atoms with Gasteiger partial charge in [0.25, 0.3) is 5.91 Å². The Kier molecular flexibility index (Phi) is 3.25. The molecule has 2 atom stereocenters. The Morgan fingerprint density at radius 3 is 2.73 bits per heavy atom. The molecule has 4 rings (SSSR count). The second-order valence-electron chi connectivity index (χ2n) is 6.54. The largest absolute Gasteiger partial charge is 0.360 e. The maximum Gasteiger partial charge on any atom is 0.276 e. The van der Waals surface area contributed by atoms with E-state index in [0.29, 0.717) is 17.5 Å². The average Bonchev–Trinajstić information content (AvgIpc) is 3.15. The van der Waals surface area contributed by atoms with Gasteiger partial charge in [-0.3, -0.25) is 4.79 Å². The highest BCUT2D eigenvalue weighted by Gasteiger charge is 2.36. The van der Waals surface area contributed by atoms with E-state index >= 15 is 0 Å². The monoisotopic (exact) mass is 296 g/mol. The van der Waals surface area contributed by atoms with Crippen LogP contribution in [0.2, 0.25) is 0 Å². The number of rotatable bonds is 3. The van der Waals surface area contributed by atoms with Gasteiger partial charge < -0.3 is 9.42 Å². The molecule has 0 N–H and O–H groups in total. The van der Waals surface area contributed by atoms with E-state index in [2.05, 4.69) is 36.3 Å². The van der Waals surface area contributed by atoms with Gasteiger partial charge in [0.2, 0.25) is 0 Å². The fraction of sp³-hybridized carbons (Fsp3) is 0.444. The fourth-order valence-corrected chi connectivity index (χ4v) is 3.38. The highest BCUT2D eigenvalue weighted by Crippen LogP contribution is 2.40. The minimum atomic E-state index is 0.00146. The maximum atomic E-state index is 12.7. The quantitative estimate of drug-likeness (QED) is 0.870. The van der Waals surface area contributed by atoms with Crippen molar-refractivity contribution in [1.29, 1.82) is 0 Å². The number of amides is 1. The van der Waals surface area contributed by atoms with Crippen LogP contribution in [0.1, 0.15) is 59.8 Å². The summed E-state index contributed by atoms with van der Waals surface area (Å²) >= 11 is 0. The van der Waals surface area contributed by atoms with Crippen molar-refractivity contribution in [2.24, 2.45) is 0 Å². The Morgan fingerprint density at radius 2 is 2.00 bits per heavy atom. The summed E-state index contributed by atoms with van der Waals surface area (Å²) in [6, 6.07) is 12.5. The molecule has 2 aromatic rings. The normalized spacial score (nSPS) is 24.7. The summed E-state index contributed by atoms with van der Waals surface area (Å²) in [7, 11) is 0. The molecule has 2 aliphatic rings. The lowest BCUT2D eigenvalue weighted by atomic mass is 9.97. The summed E-state index contributed by atoms with van der Waals surface area (Å²) in [5, 5.41) is 3.99. The van der Waals surface area contributed by atoms with Crippen molar-refractivity contribution >= 4 is 5.91 Å². The first kappa shape index (κ1) is 13.6. The van der Waals surface area contributed by atoms with Gasteiger partial charge in [0, 0.05) is 30.5 Å². The Hall–Kier alpha value is -2.10. The summed E-state index contributed by atoms with van der Waals surface area (Å²) in [6.07, 6.45) is 3.31. The van der Waals surface area contributed by atoms with Gasteiger partial charge in [0.1, 0.15) is 5.76 Å². The summed E-state index contributed by atoms with van der Waals surface area (Å²) < 4.78 is 5.32. The number of carbonyl (C=O) groups is 1. The van der Waals surface area contributed by atoms with Crippen LogP contribution in [0.3, 0.4) is 0 Å². The van der Waals surface area contributed by atoms with Crippen LogP contribution >= 0.6 is 0 Å².